The van der Waals surface area contributed by atoms with Crippen molar-refractivity contribution in [1.29, 1.82) is 0 Å². The number of alkyl halides is 1. The molecule has 0 saturated heterocycles. The lowest BCUT2D eigenvalue weighted by Gasteiger charge is -2.12. The lowest BCUT2D eigenvalue weighted by molar-refractivity contribution is 0.201. The summed E-state index contributed by atoms with van der Waals surface area (Å²) in [6.07, 6.45) is 0. The molecule has 1 atom stereocenters. The average molecular weight is 274 g/mol. The molecule has 0 bridgehead atoms. The van der Waals surface area contributed by atoms with Crippen molar-refractivity contribution in [2.24, 2.45) is 0 Å². The summed E-state index contributed by atoms with van der Waals surface area (Å²) >= 11 is 3.29. The highest BCUT2D eigenvalue weighted by Gasteiger charge is 2.16. The first-order chi connectivity index (χ1) is 5.90. The maximum atomic E-state index is 11.3. The fraction of sp³-hybridized carbons (Fsp3) is 1.00. The zero-order chi connectivity index (χ0) is 10.5. The van der Waals surface area contributed by atoms with E-state index in [0.717, 1.165) is 0 Å². The molecule has 80 valence electrons. The van der Waals surface area contributed by atoms with E-state index in [2.05, 4.69) is 20.7 Å². The van der Waals surface area contributed by atoms with Crippen LogP contribution in [0.25, 0.3) is 0 Å². The molecular weight excluding hydrogens is 258 g/mol. The van der Waals surface area contributed by atoms with Gasteiger partial charge in [0.25, 0.3) is 0 Å². The third-order valence-electron chi connectivity index (χ3n) is 1.47. The van der Waals surface area contributed by atoms with Gasteiger partial charge in [0.05, 0.1) is 16.7 Å². The molecule has 0 aromatic heterocycles. The maximum absolute atomic E-state index is 11.3. The van der Waals surface area contributed by atoms with Crippen LogP contribution in [-0.4, -0.2) is 38.8 Å². The minimum absolute atomic E-state index is 0.0195. The number of hydrogen-bond donors (Lipinski definition) is 1. The first kappa shape index (κ1) is 13.4. The zero-order valence-electron chi connectivity index (χ0n) is 8.08. The summed E-state index contributed by atoms with van der Waals surface area (Å²) in [4.78, 5) is 0.0195. The van der Waals surface area contributed by atoms with E-state index in [4.69, 9.17) is 4.74 Å². The van der Waals surface area contributed by atoms with Gasteiger partial charge in [0.15, 0.2) is 0 Å². The lowest BCUT2D eigenvalue weighted by atomic mass is 10.5. The van der Waals surface area contributed by atoms with Crippen LogP contribution in [0.3, 0.4) is 0 Å². The molecule has 1 N–H and O–H groups in total. The highest BCUT2D eigenvalue weighted by molar-refractivity contribution is 9.09. The van der Waals surface area contributed by atoms with Crippen molar-refractivity contribution < 1.29 is 13.2 Å². The van der Waals surface area contributed by atoms with E-state index >= 15 is 0 Å². The van der Waals surface area contributed by atoms with E-state index in [0.29, 0.717) is 13.2 Å². The lowest BCUT2D eigenvalue weighted by Crippen LogP contribution is -2.35. The average Bonchev–Trinajstić information content (AvgIpc) is 2.01. The Balaban J connectivity index is 3.89. The Morgan fingerprint density at radius 1 is 1.46 bits per heavy atom. The zero-order valence-corrected chi connectivity index (χ0v) is 10.5. The number of methoxy groups -OCH3 is 1. The molecule has 13 heavy (non-hydrogen) atoms. The molecule has 0 saturated carbocycles. The standard InChI is InChI=1S/C7H16BrNO3S/c1-6(2)13(10,11)9-4-7(8)5-12-3/h6-7,9H,4-5H2,1-3H3. The Morgan fingerprint density at radius 2 is 2.00 bits per heavy atom. The molecule has 0 rings (SSSR count). The molecule has 0 amide bonds. The van der Waals surface area contributed by atoms with Gasteiger partial charge >= 0.3 is 0 Å². The topological polar surface area (TPSA) is 55.4 Å². The molecule has 0 aromatic rings. The van der Waals surface area contributed by atoms with Crippen LogP contribution in [0.4, 0.5) is 0 Å². The molecule has 0 heterocycles. The summed E-state index contributed by atoms with van der Waals surface area (Å²) in [6.45, 7) is 4.12. The molecule has 0 radical (unpaired) electrons. The third-order valence-corrected chi connectivity index (χ3v) is 3.87. The van der Waals surface area contributed by atoms with Gasteiger partial charge in [-0.05, 0) is 13.8 Å². The van der Waals surface area contributed by atoms with Crippen LogP contribution in [0.2, 0.25) is 0 Å². The monoisotopic (exact) mass is 273 g/mol. The number of hydrogen-bond acceptors (Lipinski definition) is 3. The van der Waals surface area contributed by atoms with Crippen LogP contribution in [0.15, 0.2) is 0 Å². The number of ether oxygens (including phenoxy) is 1. The van der Waals surface area contributed by atoms with Gasteiger partial charge in [0, 0.05) is 13.7 Å². The third kappa shape index (κ3) is 5.61. The molecule has 0 spiro atoms. The Labute approximate surface area is 88.2 Å². The SMILES string of the molecule is COCC(Br)CNS(=O)(=O)C(C)C. The Kier molecular flexibility index (Phi) is 6.11. The van der Waals surface area contributed by atoms with Gasteiger partial charge in [-0.25, -0.2) is 13.1 Å². The smallest absolute Gasteiger partial charge is 0.213 e. The summed E-state index contributed by atoms with van der Waals surface area (Å²) in [5, 5.41) is -0.394. The molecule has 0 fully saturated rings. The first-order valence-electron chi connectivity index (χ1n) is 4.01. The van der Waals surface area contributed by atoms with Crippen molar-refractivity contribution in [2.45, 2.75) is 23.9 Å². The quantitative estimate of drug-likeness (QED) is 0.726. The molecule has 0 aliphatic rings. The van der Waals surface area contributed by atoms with E-state index in [1.165, 1.54) is 0 Å². The predicted octanol–water partition coefficient (Wildman–Crippen LogP) is 0.724. The second-order valence-electron chi connectivity index (χ2n) is 2.99. The molecule has 0 aromatic carbocycles. The summed E-state index contributed by atoms with van der Waals surface area (Å²) in [5.41, 5.74) is 0. The van der Waals surface area contributed by atoms with Crippen molar-refractivity contribution >= 4 is 26.0 Å². The maximum Gasteiger partial charge on any atom is 0.213 e. The highest BCUT2D eigenvalue weighted by atomic mass is 79.9. The second-order valence-corrected chi connectivity index (χ2v) is 6.61. The molecule has 6 heteroatoms. The van der Waals surface area contributed by atoms with Gasteiger partial charge < -0.3 is 4.74 Å². The van der Waals surface area contributed by atoms with E-state index in [1.807, 2.05) is 0 Å². The molecule has 1 unspecified atom stereocenters. The van der Waals surface area contributed by atoms with Crippen LogP contribution in [0.1, 0.15) is 13.8 Å². The second kappa shape index (κ2) is 5.95. The summed E-state index contributed by atoms with van der Waals surface area (Å²) in [6, 6.07) is 0. The van der Waals surface area contributed by atoms with Crippen molar-refractivity contribution in [1.82, 2.24) is 4.72 Å². The van der Waals surface area contributed by atoms with Crippen molar-refractivity contribution in [2.75, 3.05) is 20.3 Å². The van der Waals surface area contributed by atoms with Crippen molar-refractivity contribution in [3.05, 3.63) is 0 Å². The largest absolute Gasteiger partial charge is 0.383 e. The van der Waals surface area contributed by atoms with Crippen molar-refractivity contribution in [3.63, 3.8) is 0 Å². The minimum Gasteiger partial charge on any atom is -0.383 e. The van der Waals surface area contributed by atoms with Crippen LogP contribution in [0, 0.1) is 0 Å². The molecule has 0 aliphatic heterocycles. The van der Waals surface area contributed by atoms with Gasteiger partial charge in [0.2, 0.25) is 10.0 Å². The number of rotatable bonds is 6. The number of halogens is 1. The normalized spacial score (nSPS) is 14.8. The van der Waals surface area contributed by atoms with Crippen LogP contribution >= 0.6 is 15.9 Å². The van der Waals surface area contributed by atoms with E-state index in [-0.39, 0.29) is 4.83 Å². The van der Waals surface area contributed by atoms with Gasteiger partial charge in [-0.2, -0.15) is 0 Å². The number of sulfonamides is 1. The summed E-state index contributed by atoms with van der Waals surface area (Å²) in [7, 11) is -1.57. The Morgan fingerprint density at radius 3 is 2.38 bits per heavy atom. The van der Waals surface area contributed by atoms with E-state index < -0.39 is 15.3 Å². The summed E-state index contributed by atoms with van der Waals surface area (Å²) < 4.78 is 29.9. The van der Waals surface area contributed by atoms with Crippen LogP contribution in [-0.2, 0) is 14.8 Å². The number of nitrogens with one attached hydrogen (secondary N) is 1. The highest BCUT2D eigenvalue weighted by Crippen LogP contribution is 2.01. The van der Waals surface area contributed by atoms with Gasteiger partial charge in [0.1, 0.15) is 0 Å². The molecule has 0 aliphatic carbocycles. The fourth-order valence-electron chi connectivity index (χ4n) is 0.613. The Bertz CT molecular complexity index is 228. The molecule has 4 nitrogen and oxygen atoms in total. The van der Waals surface area contributed by atoms with Gasteiger partial charge in [-0.1, -0.05) is 15.9 Å². The van der Waals surface area contributed by atoms with Crippen LogP contribution in [0.5, 0.6) is 0 Å². The predicted molar refractivity (Wildman–Crippen MR) is 56.6 cm³/mol. The van der Waals surface area contributed by atoms with E-state index in [9.17, 15) is 8.42 Å². The first-order valence-corrected chi connectivity index (χ1v) is 6.48. The molecular formula is C7H16BrNO3S. The minimum atomic E-state index is -3.15. The van der Waals surface area contributed by atoms with Gasteiger partial charge in [-0.15, -0.1) is 0 Å². The van der Waals surface area contributed by atoms with Crippen LogP contribution < -0.4 is 4.72 Å². The van der Waals surface area contributed by atoms with E-state index in [1.54, 1.807) is 21.0 Å². The van der Waals surface area contributed by atoms with Crippen molar-refractivity contribution in [3.8, 4) is 0 Å². The van der Waals surface area contributed by atoms with Gasteiger partial charge in [-0.3, -0.25) is 0 Å². The summed E-state index contributed by atoms with van der Waals surface area (Å²) in [5.74, 6) is 0. The fourth-order valence-corrected chi connectivity index (χ4v) is 2.02. The Hall–Kier alpha value is 0.350.